The first-order chi connectivity index (χ1) is 22.0. The number of ether oxygens (including phenoxy) is 2. The number of hydrogen-bond donors (Lipinski definition) is 2. The summed E-state index contributed by atoms with van der Waals surface area (Å²) in [4.78, 5) is 26.0. The van der Waals surface area contributed by atoms with Gasteiger partial charge in [0.25, 0.3) is 12.0 Å². The molecule has 0 fully saturated rings. The fourth-order valence-electron chi connectivity index (χ4n) is 7.69. The standard InChI is InChI=1S/2C18H20N4O/c2*1-17(2)18(22-16(19)23-17)7-6-12-4-3-5-14(15(12)8-18)13-9-20-11-21-10-13/h2*3-5,9-11H,6-8H2,1-2H3,(H2,19,22)/t2*18-/m10/s1. The Morgan fingerprint density at radius 2 is 0.978 bits per heavy atom. The summed E-state index contributed by atoms with van der Waals surface area (Å²) in [5.41, 5.74) is 20.2. The molecule has 4 heterocycles. The van der Waals surface area contributed by atoms with Crippen LogP contribution in [0.15, 0.2) is 83.8 Å². The van der Waals surface area contributed by atoms with Crippen LogP contribution < -0.4 is 11.5 Å². The molecule has 8 rings (SSSR count). The van der Waals surface area contributed by atoms with Crippen molar-refractivity contribution >= 4 is 12.0 Å². The average Bonchev–Trinajstić information content (AvgIpc) is 3.40. The number of aromatic nitrogens is 4. The van der Waals surface area contributed by atoms with Crippen molar-refractivity contribution in [3.05, 3.63) is 96.1 Å². The van der Waals surface area contributed by atoms with Crippen molar-refractivity contribution in [3.63, 3.8) is 0 Å². The molecule has 10 heteroatoms. The van der Waals surface area contributed by atoms with E-state index in [0.29, 0.717) is 12.0 Å². The molecule has 4 aliphatic rings. The molecule has 46 heavy (non-hydrogen) atoms. The zero-order chi connectivity index (χ0) is 32.2. The highest BCUT2D eigenvalue weighted by molar-refractivity contribution is 5.77. The second-order valence-corrected chi connectivity index (χ2v) is 13.7. The third-order valence-corrected chi connectivity index (χ3v) is 10.5. The number of benzene rings is 2. The van der Waals surface area contributed by atoms with Crippen LogP contribution in [0.4, 0.5) is 0 Å². The zero-order valence-electron chi connectivity index (χ0n) is 26.8. The number of hydrogen-bond acceptors (Lipinski definition) is 10. The summed E-state index contributed by atoms with van der Waals surface area (Å²) in [5, 5.41) is 0. The predicted molar refractivity (Wildman–Crippen MR) is 178 cm³/mol. The summed E-state index contributed by atoms with van der Waals surface area (Å²) in [7, 11) is 0. The minimum atomic E-state index is -0.394. The number of aliphatic imine (C=N–C) groups is 2. The van der Waals surface area contributed by atoms with Crippen molar-refractivity contribution in [1.29, 1.82) is 0 Å². The molecule has 0 unspecified atom stereocenters. The molecule has 0 amide bonds. The number of nitrogens with two attached hydrogens (primary N) is 2. The van der Waals surface area contributed by atoms with Gasteiger partial charge in [-0.15, -0.1) is 0 Å². The van der Waals surface area contributed by atoms with E-state index in [2.05, 4.69) is 84.0 Å². The minimum absolute atomic E-state index is 0.296. The highest BCUT2D eigenvalue weighted by Crippen LogP contribution is 2.47. The third-order valence-electron chi connectivity index (χ3n) is 10.5. The molecular weight excluding hydrogens is 576 g/mol. The number of rotatable bonds is 2. The number of nitrogens with zero attached hydrogens (tertiary/aromatic N) is 6. The molecule has 0 saturated carbocycles. The average molecular weight is 617 g/mol. The van der Waals surface area contributed by atoms with Crippen LogP contribution in [-0.4, -0.2) is 54.3 Å². The Bertz CT molecular complexity index is 1700. The van der Waals surface area contributed by atoms with Gasteiger partial charge in [-0.3, -0.25) is 0 Å². The van der Waals surface area contributed by atoms with E-state index in [1.54, 1.807) is 12.7 Å². The first-order valence-electron chi connectivity index (χ1n) is 15.8. The highest BCUT2D eigenvalue weighted by atomic mass is 16.5. The summed E-state index contributed by atoms with van der Waals surface area (Å²) < 4.78 is 11.6. The highest BCUT2D eigenvalue weighted by Gasteiger charge is 2.54. The molecule has 2 aliphatic heterocycles. The van der Waals surface area contributed by atoms with Crippen molar-refractivity contribution < 1.29 is 9.47 Å². The van der Waals surface area contributed by atoms with Gasteiger partial charge >= 0.3 is 0 Å². The van der Waals surface area contributed by atoms with E-state index in [1.165, 1.54) is 33.4 Å². The van der Waals surface area contributed by atoms with Crippen LogP contribution in [0.1, 0.15) is 62.8 Å². The lowest BCUT2D eigenvalue weighted by molar-refractivity contribution is 0.0356. The van der Waals surface area contributed by atoms with Gasteiger partial charge in [-0.2, -0.15) is 0 Å². The Hall–Kier alpha value is -4.86. The van der Waals surface area contributed by atoms with Crippen molar-refractivity contribution in [3.8, 4) is 22.3 Å². The van der Waals surface area contributed by atoms with Gasteiger partial charge in [0.05, 0.1) is 0 Å². The first-order valence-corrected chi connectivity index (χ1v) is 15.8. The third kappa shape index (κ3) is 4.96. The van der Waals surface area contributed by atoms with Gasteiger partial charge in [-0.05, 0) is 86.8 Å². The molecule has 2 aromatic carbocycles. The van der Waals surface area contributed by atoms with Crippen LogP contribution in [0.5, 0.6) is 0 Å². The van der Waals surface area contributed by atoms with E-state index in [4.69, 9.17) is 30.9 Å². The molecule has 10 nitrogen and oxygen atoms in total. The fraction of sp³-hybridized carbons (Fsp3) is 0.389. The molecule has 0 saturated heterocycles. The van der Waals surface area contributed by atoms with E-state index >= 15 is 0 Å². The Balaban J connectivity index is 0.000000147. The molecule has 2 spiro atoms. The maximum Gasteiger partial charge on any atom is 0.283 e. The summed E-state index contributed by atoms with van der Waals surface area (Å²) in [6.07, 6.45) is 16.0. The quantitative estimate of drug-likeness (QED) is 0.320. The maximum atomic E-state index is 5.89. The Kier molecular flexibility index (Phi) is 7.06. The maximum absolute atomic E-state index is 5.89. The normalized spacial score (nSPS) is 24.9. The van der Waals surface area contributed by atoms with Crippen molar-refractivity contribution in [2.45, 2.75) is 88.5 Å². The Morgan fingerprint density at radius 1 is 0.587 bits per heavy atom. The van der Waals surface area contributed by atoms with E-state index in [9.17, 15) is 0 Å². The molecule has 4 N–H and O–H groups in total. The van der Waals surface area contributed by atoms with E-state index in [0.717, 1.165) is 49.7 Å². The molecule has 0 bridgehead atoms. The van der Waals surface area contributed by atoms with Crippen LogP contribution in [0.3, 0.4) is 0 Å². The summed E-state index contributed by atoms with van der Waals surface area (Å²) in [6, 6.07) is 13.5. The van der Waals surface area contributed by atoms with Crippen LogP contribution in [0.2, 0.25) is 0 Å². The lowest BCUT2D eigenvalue weighted by Crippen LogP contribution is -2.50. The lowest BCUT2D eigenvalue weighted by atomic mass is 9.69. The molecule has 2 aliphatic carbocycles. The predicted octanol–water partition coefficient (Wildman–Crippen LogP) is 4.99. The second-order valence-electron chi connectivity index (χ2n) is 13.7. The summed E-state index contributed by atoms with van der Waals surface area (Å²) in [5.74, 6) is 0. The summed E-state index contributed by atoms with van der Waals surface area (Å²) in [6.45, 7) is 8.32. The smallest absolute Gasteiger partial charge is 0.283 e. The van der Waals surface area contributed by atoms with Gasteiger partial charge < -0.3 is 20.9 Å². The SMILES string of the molecule is CC1(C)OC(N)=N[C@@]12CCc1cccc(-c3cncnc3)c1C2.CC1(C)OC(N)=N[C@]12CCc1cccc(-c3cncnc3)c1C2. The monoisotopic (exact) mass is 616 g/mol. The minimum Gasteiger partial charge on any atom is -0.457 e. The zero-order valence-corrected chi connectivity index (χ0v) is 26.8. The molecule has 2 atom stereocenters. The van der Waals surface area contributed by atoms with Crippen molar-refractivity contribution in [2.24, 2.45) is 21.5 Å². The largest absolute Gasteiger partial charge is 0.457 e. The van der Waals surface area contributed by atoms with Crippen LogP contribution in [-0.2, 0) is 35.2 Å². The van der Waals surface area contributed by atoms with Crippen LogP contribution >= 0.6 is 0 Å². The molecule has 2 aromatic heterocycles. The summed E-state index contributed by atoms with van der Waals surface area (Å²) >= 11 is 0. The van der Waals surface area contributed by atoms with Crippen LogP contribution in [0.25, 0.3) is 22.3 Å². The van der Waals surface area contributed by atoms with Gasteiger partial charge in [0.1, 0.15) is 34.9 Å². The van der Waals surface area contributed by atoms with E-state index in [-0.39, 0.29) is 11.1 Å². The molecule has 0 radical (unpaired) electrons. The van der Waals surface area contributed by atoms with Crippen LogP contribution in [0, 0.1) is 0 Å². The topological polar surface area (TPSA) is 147 Å². The second kappa shape index (κ2) is 10.9. The number of fused-ring (bicyclic) bond motifs is 2. The molecule has 4 aromatic rings. The van der Waals surface area contributed by atoms with E-state index < -0.39 is 11.2 Å². The van der Waals surface area contributed by atoms with Gasteiger partial charge in [0.2, 0.25) is 0 Å². The van der Waals surface area contributed by atoms with Crippen molar-refractivity contribution in [2.75, 3.05) is 0 Å². The Morgan fingerprint density at radius 3 is 1.33 bits per heavy atom. The Labute approximate surface area is 269 Å². The molecule has 236 valence electrons. The van der Waals surface area contributed by atoms with Crippen molar-refractivity contribution in [1.82, 2.24) is 19.9 Å². The van der Waals surface area contributed by atoms with Gasteiger partial charge in [0, 0.05) is 48.8 Å². The van der Waals surface area contributed by atoms with Gasteiger partial charge in [-0.25, -0.2) is 29.9 Å². The van der Waals surface area contributed by atoms with Gasteiger partial charge in [0.15, 0.2) is 0 Å². The molecular formula is C36H40N8O2. The first kappa shape index (κ1) is 29.8. The fourth-order valence-corrected chi connectivity index (χ4v) is 7.69. The number of amidine groups is 2. The van der Waals surface area contributed by atoms with E-state index in [1.807, 2.05) is 24.8 Å². The number of aryl methyl sites for hydroxylation is 2. The van der Waals surface area contributed by atoms with Gasteiger partial charge in [-0.1, -0.05) is 36.4 Å². The lowest BCUT2D eigenvalue weighted by Gasteiger charge is -2.41.